The number of aryl methyl sites for hydroxylation is 1. The molecule has 0 bridgehead atoms. The van der Waals surface area contributed by atoms with Gasteiger partial charge in [0.25, 0.3) is 0 Å². The minimum absolute atomic E-state index is 0.206. The second kappa shape index (κ2) is 12.6. The lowest BCUT2D eigenvalue weighted by Gasteiger charge is -2.46. The molecule has 2 saturated heterocycles. The molecule has 8 N–H and O–H groups in total. The summed E-state index contributed by atoms with van der Waals surface area (Å²) in [4.78, 5) is 0. The van der Waals surface area contributed by atoms with E-state index in [2.05, 4.69) is 0 Å². The van der Waals surface area contributed by atoms with Crippen LogP contribution in [-0.4, -0.2) is 129 Å². The van der Waals surface area contributed by atoms with Crippen LogP contribution in [0.25, 0.3) is 0 Å². The first-order chi connectivity index (χ1) is 20.7. The number of rotatable bonds is 7. The number of fused-ring (bicyclic) bond motifs is 5. The second-order valence-electron chi connectivity index (χ2n) is 12.7. The van der Waals surface area contributed by atoms with Gasteiger partial charge in [0, 0.05) is 0 Å². The van der Waals surface area contributed by atoms with Gasteiger partial charge >= 0.3 is 0 Å². The molecule has 0 spiro atoms. The van der Waals surface area contributed by atoms with Gasteiger partial charge in [-0.1, -0.05) is 0 Å². The molecule has 5 aliphatic rings. The predicted molar refractivity (Wildman–Crippen MR) is 146 cm³/mol. The molecular weight excluding hydrogens is 568 g/mol. The van der Waals surface area contributed by atoms with Gasteiger partial charge in [-0.05, 0) is 85.5 Å². The van der Waals surface area contributed by atoms with Crippen molar-refractivity contribution in [3.8, 4) is 11.5 Å². The molecule has 0 aromatic heterocycles. The lowest BCUT2D eigenvalue weighted by molar-refractivity contribution is -0.358. The fourth-order valence-corrected chi connectivity index (χ4v) is 8.21. The summed E-state index contributed by atoms with van der Waals surface area (Å²) in [5.41, 5.74) is 2.29. The van der Waals surface area contributed by atoms with Gasteiger partial charge < -0.3 is 64.5 Å². The third-order valence-corrected chi connectivity index (χ3v) is 10.5. The Kier molecular flexibility index (Phi) is 9.22. The van der Waals surface area contributed by atoms with Crippen LogP contribution in [-0.2, 0) is 20.6 Å². The fourth-order valence-electron chi connectivity index (χ4n) is 8.21. The van der Waals surface area contributed by atoms with E-state index in [0.717, 1.165) is 44.1 Å². The van der Waals surface area contributed by atoms with Crippen LogP contribution >= 0.6 is 0 Å². The molecule has 2 saturated carbocycles. The maximum Gasteiger partial charge on any atom is 0.229 e. The number of hydrogen-bond acceptors (Lipinski definition) is 13. The minimum Gasteiger partial charge on any atom is -0.493 e. The van der Waals surface area contributed by atoms with E-state index in [1.807, 2.05) is 12.1 Å². The third-order valence-electron chi connectivity index (χ3n) is 10.5. The van der Waals surface area contributed by atoms with Crippen molar-refractivity contribution in [3.63, 3.8) is 0 Å². The monoisotopic (exact) mass is 612 g/mol. The number of aliphatic hydroxyl groups excluding tert-OH is 8. The van der Waals surface area contributed by atoms with Crippen LogP contribution in [0.5, 0.6) is 11.5 Å². The van der Waals surface area contributed by atoms with E-state index in [9.17, 15) is 40.9 Å². The maximum absolute atomic E-state index is 11.0. The summed E-state index contributed by atoms with van der Waals surface area (Å²) in [5, 5.41) is 82.3. The Morgan fingerprint density at radius 3 is 2.07 bits per heavy atom. The van der Waals surface area contributed by atoms with Crippen molar-refractivity contribution in [1.29, 1.82) is 0 Å². The van der Waals surface area contributed by atoms with Crippen molar-refractivity contribution in [2.45, 2.75) is 112 Å². The number of hydrogen-bond donors (Lipinski definition) is 8. The van der Waals surface area contributed by atoms with Crippen LogP contribution in [0.15, 0.2) is 12.1 Å². The van der Waals surface area contributed by atoms with Gasteiger partial charge in [0.2, 0.25) is 6.29 Å². The Labute approximate surface area is 249 Å². The van der Waals surface area contributed by atoms with E-state index in [0.29, 0.717) is 29.4 Å². The number of benzene rings is 1. The molecule has 43 heavy (non-hydrogen) atoms. The van der Waals surface area contributed by atoms with E-state index in [-0.39, 0.29) is 11.9 Å². The summed E-state index contributed by atoms with van der Waals surface area (Å²) in [6.45, 7) is -1.31. The van der Waals surface area contributed by atoms with Crippen LogP contribution in [0, 0.1) is 17.8 Å². The summed E-state index contributed by atoms with van der Waals surface area (Å²) >= 11 is 0. The van der Waals surface area contributed by atoms with Crippen molar-refractivity contribution in [2.75, 3.05) is 20.3 Å². The Morgan fingerprint density at radius 1 is 0.698 bits per heavy atom. The SMILES string of the molecule is COc1cc2c(cc1O[C@@H]1O[C@H](CO)[C@@H](O)[C@H](O)[C@H]1O[C@@H]1O[C@H](CO)[C@@H](O)[C@H](O)[C@H]1O)CCC1C2CCC2C(O)CCC21. The highest BCUT2D eigenvalue weighted by Crippen LogP contribution is 2.56. The summed E-state index contributed by atoms with van der Waals surface area (Å²) in [7, 11) is 1.51. The molecule has 13 heteroatoms. The standard InChI is InChI=1S/C30H44O13/c1-39-19-9-17-12(2-3-13-14-6-7-18(33)16(14)5-4-15(13)17)8-20(19)40-30-28(26(37)24(35)22(11-32)42-30)43-29-27(38)25(36)23(34)21(10-31)41-29/h8-9,13-16,18,21-38H,2-7,10-11H2,1H3/t13?,14?,15?,16?,18?,21-,22-,23-,24-,25+,26+,27-,28-,29+,30-/m1/s1. The van der Waals surface area contributed by atoms with E-state index < -0.39 is 74.6 Å². The molecule has 2 aliphatic heterocycles. The highest BCUT2D eigenvalue weighted by molar-refractivity contribution is 5.50. The lowest BCUT2D eigenvalue weighted by atomic mass is 9.60. The number of methoxy groups -OCH3 is 1. The van der Waals surface area contributed by atoms with Gasteiger partial charge in [0.1, 0.15) is 42.7 Å². The van der Waals surface area contributed by atoms with Crippen molar-refractivity contribution < 1.29 is 64.5 Å². The molecular formula is C30H44O13. The van der Waals surface area contributed by atoms with Gasteiger partial charge in [-0.15, -0.1) is 0 Å². The zero-order chi connectivity index (χ0) is 30.6. The first-order valence-corrected chi connectivity index (χ1v) is 15.3. The van der Waals surface area contributed by atoms with Gasteiger partial charge in [0.15, 0.2) is 23.9 Å². The molecule has 0 amide bonds. The van der Waals surface area contributed by atoms with E-state index in [4.69, 9.17) is 23.7 Å². The second-order valence-corrected chi connectivity index (χ2v) is 12.7. The summed E-state index contributed by atoms with van der Waals surface area (Å²) in [6, 6.07) is 3.85. The minimum atomic E-state index is -1.76. The van der Waals surface area contributed by atoms with Crippen molar-refractivity contribution in [3.05, 3.63) is 23.3 Å². The lowest BCUT2D eigenvalue weighted by Crippen LogP contribution is -2.65. The Balaban J connectivity index is 1.26. The van der Waals surface area contributed by atoms with Crippen molar-refractivity contribution >= 4 is 0 Å². The number of aliphatic hydroxyl groups is 8. The Hall–Kier alpha value is -1.62. The van der Waals surface area contributed by atoms with E-state index >= 15 is 0 Å². The smallest absolute Gasteiger partial charge is 0.229 e. The van der Waals surface area contributed by atoms with E-state index in [1.54, 1.807) is 0 Å². The normalized spacial score (nSPS) is 46.0. The molecule has 5 unspecified atom stereocenters. The summed E-state index contributed by atoms with van der Waals surface area (Å²) < 4.78 is 29.0. The molecule has 2 heterocycles. The Bertz CT molecular complexity index is 1120. The predicted octanol–water partition coefficient (Wildman–Crippen LogP) is -1.47. The largest absolute Gasteiger partial charge is 0.493 e. The van der Waals surface area contributed by atoms with Crippen LogP contribution in [0.4, 0.5) is 0 Å². The highest BCUT2D eigenvalue weighted by Gasteiger charge is 2.52. The van der Waals surface area contributed by atoms with Crippen LogP contribution < -0.4 is 9.47 Å². The summed E-state index contributed by atoms with van der Waals surface area (Å²) in [5.74, 6) is 2.45. The zero-order valence-electron chi connectivity index (χ0n) is 24.1. The molecule has 3 aliphatic carbocycles. The van der Waals surface area contributed by atoms with Gasteiger partial charge in [-0.3, -0.25) is 0 Å². The molecule has 4 fully saturated rings. The van der Waals surface area contributed by atoms with E-state index in [1.165, 1.54) is 12.7 Å². The third kappa shape index (κ3) is 5.57. The molecule has 1 aromatic rings. The maximum atomic E-state index is 11.0. The first kappa shape index (κ1) is 31.4. The molecule has 6 rings (SSSR count). The highest BCUT2D eigenvalue weighted by atomic mass is 16.8. The molecule has 0 radical (unpaired) electrons. The van der Waals surface area contributed by atoms with Crippen LogP contribution in [0.1, 0.15) is 49.1 Å². The van der Waals surface area contributed by atoms with Gasteiger partial charge in [-0.25, -0.2) is 0 Å². The zero-order valence-corrected chi connectivity index (χ0v) is 24.1. The topological polar surface area (TPSA) is 208 Å². The average molecular weight is 613 g/mol. The quantitative estimate of drug-likeness (QED) is 0.177. The van der Waals surface area contributed by atoms with Crippen molar-refractivity contribution in [2.24, 2.45) is 17.8 Å². The molecule has 15 atom stereocenters. The van der Waals surface area contributed by atoms with Gasteiger partial charge in [-0.2, -0.15) is 0 Å². The van der Waals surface area contributed by atoms with Gasteiger partial charge in [0.05, 0.1) is 26.4 Å². The average Bonchev–Trinajstić information content (AvgIpc) is 3.40. The fraction of sp³-hybridized carbons (Fsp3) is 0.800. The molecule has 1 aromatic carbocycles. The molecule has 13 nitrogen and oxygen atoms in total. The summed E-state index contributed by atoms with van der Waals surface area (Å²) in [6.07, 6.45) is -9.90. The number of ether oxygens (including phenoxy) is 5. The van der Waals surface area contributed by atoms with Crippen molar-refractivity contribution in [1.82, 2.24) is 0 Å². The Morgan fingerprint density at radius 2 is 1.37 bits per heavy atom. The molecule has 242 valence electrons. The van der Waals surface area contributed by atoms with Crippen LogP contribution in [0.3, 0.4) is 0 Å². The van der Waals surface area contributed by atoms with Crippen LogP contribution in [0.2, 0.25) is 0 Å². The first-order valence-electron chi connectivity index (χ1n) is 15.3.